The lowest BCUT2D eigenvalue weighted by atomic mass is 10.0. The van der Waals surface area contributed by atoms with Crippen LogP contribution in [0.5, 0.6) is 0 Å². The van der Waals surface area contributed by atoms with E-state index in [9.17, 15) is 5.11 Å². The third kappa shape index (κ3) is 3.82. The van der Waals surface area contributed by atoms with E-state index in [1.165, 1.54) is 10.5 Å². The van der Waals surface area contributed by atoms with Crippen molar-refractivity contribution in [2.75, 3.05) is 18.6 Å². The molecule has 0 saturated carbocycles. The van der Waals surface area contributed by atoms with Crippen molar-refractivity contribution >= 4 is 35.1 Å². The minimum atomic E-state index is 0.208. The van der Waals surface area contributed by atoms with Gasteiger partial charge in [0.05, 0.1) is 6.61 Å². The van der Waals surface area contributed by atoms with Crippen LogP contribution in [0.25, 0.3) is 0 Å². The van der Waals surface area contributed by atoms with Crippen molar-refractivity contribution in [1.29, 1.82) is 0 Å². The fraction of sp³-hybridized carbons (Fsp3) is 0.571. The maximum Gasteiger partial charge on any atom is 0.0564 e. The van der Waals surface area contributed by atoms with E-state index in [2.05, 4.69) is 24.4 Å². The Labute approximate surface area is 128 Å². The van der Waals surface area contributed by atoms with Crippen LogP contribution in [0.15, 0.2) is 23.1 Å². The van der Waals surface area contributed by atoms with E-state index in [1.54, 1.807) is 11.8 Å². The molecular weight excluding hydrogens is 298 g/mol. The van der Waals surface area contributed by atoms with Gasteiger partial charge in [0.25, 0.3) is 0 Å². The second-order valence-corrected chi connectivity index (χ2v) is 7.43. The van der Waals surface area contributed by atoms with E-state index in [-0.39, 0.29) is 17.9 Å². The molecule has 3 atom stereocenters. The minimum absolute atomic E-state index is 0.208. The highest BCUT2D eigenvalue weighted by molar-refractivity contribution is 7.99. The molecular formula is C14H20ClNOS2. The molecule has 0 aliphatic carbocycles. The summed E-state index contributed by atoms with van der Waals surface area (Å²) in [5.74, 6) is 1.13. The zero-order valence-electron chi connectivity index (χ0n) is 11.2. The highest BCUT2D eigenvalue weighted by Gasteiger charge is 2.24. The van der Waals surface area contributed by atoms with Gasteiger partial charge in [-0.15, -0.1) is 11.8 Å². The summed E-state index contributed by atoms with van der Waals surface area (Å²) in [6.07, 6.45) is 3.15. The molecule has 2 N–H and O–H groups in total. The van der Waals surface area contributed by atoms with E-state index in [0.717, 1.165) is 17.2 Å². The topological polar surface area (TPSA) is 32.3 Å². The Bertz CT molecular complexity index is 426. The summed E-state index contributed by atoms with van der Waals surface area (Å²) in [6, 6.07) is 6.75. The summed E-state index contributed by atoms with van der Waals surface area (Å²) in [7, 11) is 0. The van der Waals surface area contributed by atoms with E-state index in [4.69, 9.17) is 11.6 Å². The maximum absolute atomic E-state index is 9.38. The number of aliphatic hydroxyl groups excluding tert-OH is 1. The lowest BCUT2D eigenvalue weighted by Crippen LogP contribution is -2.40. The third-order valence-corrected chi connectivity index (χ3v) is 6.04. The summed E-state index contributed by atoms with van der Waals surface area (Å²) in [5, 5.41) is 14.1. The number of hydrogen-bond acceptors (Lipinski definition) is 4. The lowest BCUT2D eigenvalue weighted by Gasteiger charge is -2.31. The summed E-state index contributed by atoms with van der Waals surface area (Å²) in [6.45, 7) is 2.35. The first kappa shape index (κ1) is 15.5. The molecule has 0 saturated heterocycles. The number of rotatable bonds is 5. The molecule has 0 bridgehead atoms. The van der Waals surface area contributed by atoms with Gasteiger partial charge in [0.1, 0.15) is 0 Å². The fourth-order valence-corrected chi connectivity index (χ4v) is 4.32. The Balaban J connectivity index is 2.13. The third-order valence-electron chi connectivity index (χ3n) is 3.52. The SMILES string of the molecule is CSC(CO)C(C)NC1CCSc2ccc(Cl)cc21. The van der Waals surface area contributed by atoms with Crippen LogP contribution >= 0.6 is 35.1 Å². The van der Waals surface area contributed by atoms with E-state index in [1.807, 2.05) is 24.1 Å². The molecule has 3 unspecified atom stereocenters. The Morgan fingerprint density at radius 3 is 3.05 bits per heavy atom. The van der Waals surface area contributed by atoms with Crippen LogP contribution in [0.3, 0.4) is 0 Å². The predicted octanol–water partition coefficient (Wildman–Crippen LogP) is 3.58. The normalized spacial score (nSPS) is 21.8. The smallest absolute Gasteiger partial charge is 0.0564 e. The molecule has 1 aromatic rings. The Hall–Kier alpha value is 0.130. The van der Waals surface area contributed by atoms with Crippen LogP contribution in [0, 0.1) is 0 Å². The maximum atomic E-state index is 9.38. The summed E-state index contributed by atoms with van der Waals surface area (Å²) < 4.78 is 0. The molecule has 1 heterocycles. The summed E-state index contributed by atoms with van der Waals surface area (Å²) in [5.41, 5.74) is 1.30. The number of thioether (sulfide) groups is 2. The Morgan fingerprint density at radius 2 is 2.37 bits per heavy atom. The first-order valence-electron chi connectivity index (χ1n) is 6.47. The highest BCUT2D eigenvalue weighted by atomic mass is 35.5. The second-order valence-electron chi connectivity index (χ2n) is 4.78. The van der Waals surface area contributed by atoms with E-state index in [0.29, 0.717) is 6.04 Å². The van der Waals surface area contributed by atoms with Gasteiger partial charge in [-0.25, -0.2) is 0 Å². The first-order chi connectivity index (χ1) is 9.15. The number of nitrogens with one attached hydrogen (secondary N) is 1. The number of fused-ring (bicyclic) bond motifs is 1. The van der Waals surface area contributed by atoms with Crippen molar-refractivity contribution < 1.29 is 5.11 Å². The molecule has 0 spiro atoms. The van der Waals surface area contributed by atoms with E-state index < -0.39 is 0 Å². The molecule has 1 aromatic carbocycles. The summed E-state index contributed by atoms with van der Waals surface area (Å²) in [4.78, 5) is 1.32. The van der Waals surface area contributed by atoms with Gasteiger partial charge in [-0.2, -0.15) is 11.8 Å². The van der Waals surface area contributed by atoms with E-state index >= 15 is 0 Å². The molecule has 1 aliphatic heterocycles. The van der Waals surface area contributed by atoms with Gasteiger partial charge in [0.2, 0.25) is 0 Å². The first-order valence-corrected chi connectivity index (χ1v) is 9.12. The molecule has 106 valence electrons. The largest absolute Gasteiger partial charge is 0.395 e. The van der Waals surface area contributed by atoms with Crippen molar-refractivity contribution in [3.05, 3.63) is 28.8 Å². The highest BCUT2D eigenvalue weighted by Crippen LogP contribution is 2.38. The van der Waals surface area contributed by atoms with Crippen LogP contribution in [0.1, 0.15) is 24.9 Å². The molecule has 2 nitrogen and oxygen atoms in total. The average Bonchev–Trinajstić information content (AvgIpc) is 2.41. The van der Waals surface area contributed by atoms with Gasteiger partial charge in [0.15, 0.2) is 0 Å². The van der Waals surface area contributed by atoms with Crippen LogP contribution in [0.4, 0.5) is 0 Å². The van der Waals surface area contributed by atoms with Crippen LogP contribution in [0.2, 0.25) is 5.02 Å². The predicted molar refractivity (Wildman–Crippen MR) is 86.5 cm³/mol. The molecule has 0 amide bonds. The Morgan fingerprint density at radius 1 is 1.58 bits per heavy atom. The molecule has 2 rings (SSSR count). The van der Waals surface area contributed by atoms with Crippen molar-refractivity contribution in [1.82, 2.24) is 5.32 Å². The zero-order valence-corrected chi connectivity index (χ0v) is 13.6. The van der Waals surface area contributed by atoms with Crippen LogP contribution in [-0.2, 0) is 0 Å². The van der Waals surface area contributed by atoms with Crippen molar-refractivity contribution in [2.24, 2.45) is 0 Å². The van der Waals surface area contributed by atoms with Crippen molar-refractivity contribution in [2.45, 2.75) is 35.6 Å². The zero-order chi connectivity index (χ0) is 13.8. The van der Waals surface area contributed by atoms with Crippen LogP contribution in [-0.4, -0.2) is 35.0 Å². The van der Waals surface area contributed by atoms with Gasteiger partial charge in [-0.3, -0.25) is 0 Å². The van der Waals surface area contributed by atoms with Crippen molar-refractivity contribution in [3.8, 4) is 0 Å². The molecule has 0 radical (unpaired) electrons. The molecule has 1 aliphatic rings. The average molecular weight is 318 g/mol. The second kappa shape index (κ2) is 7.23. The Kier molecular flexibility index (Phi) is 5.90. The monoisotopic (exact) mass is 317 g/mol. The van der Waals surface area contributed by atoms with Crippen molar-refractivity contribution in [3.63, 3.8) is 0 Å². The number of benzene rings is 1. The molecule has 19 heavy (non-hydrogen) atoms. The fourth-order valence-electron chi connectivity index (χ4n) is 2.40. The minimum Gasteiger partial charge on any atom is -0.395 e. The van der Waals surface area contributed by atoms with Crippen LogP contribution < -0.4 is 5.32 Å². The van der Waals surface area contributed by atoms with Gasteiger partial charge in [-0.05, 0) is 49.1 Å². The molecule has 0 fully saturated rings. The van der Waals surface area contributed by atoms with Gasteiger partial charge < -0.3 is 10.4 Å². The lowest BCUT2D eigenvalue weighted by molar-refractivity contribution is 0.269. The summed E-state index contributed by atoms with van der Waals surface area (Å²) >= 11 is 9.72. The molecule has 0 aromatic heterocycles. The van der Waals surface area contributed by atoms with Gasteiger partial charge in [-0.1, -0.05) is 11.6 Å². The standard InChI is InChI=1S/C14H20ClNOS2/c1-9(14(8-17)18-2)16-12-5-6-19-13-4-3-10(15)7-11(12)13/h3-4,7,9,12,14,16-17H,5-6,8H2,1-2H3. The van der Waals surface area contributed by atoms with Gasteiger partial charge in [0, 0.05) is 27.3 Å². The van der Waals surface area contributed by atoms with Gasteiger partial charge >= 0.3 is 0 Å². The number of halogens is 1. The number of hydrogen-bond donors (Lipinski definition) is 2. The quantitative estimate of drug-likeness (QED) is 0.869. The molecule has 5 heteroatoms. The number of aliphatic hydroxyl groups is 1.